The molecule has 0 aromatic heterocycles. The molecule has 2 aromatic rings. The van der Waals surface area contributed by atoms with E-state index in [-0.39, 0.29) is 5.82 Å². The minimum Gasteiger partial charge on any atom is -0.497 e. The van der Waals surface area contributed by atoms with Gasteiger partial charge in [-0.25, -0.2) is 4.39 Å². The first kappa shape index (κ1) is 14.2. The van der Waals surface area contributed by atoms with Gasteiger partial charge in [-0.3, -0.25) is 0 Å². The van der Waals surface area contributed by atoms with Crippen molar-refractivity contribution < 1.29 is 9.13 Å². The lowest BCUT2D eigenvalue weighted by Gasteiger charge is -2.10. The SMILES string of the molecule is COc1ccc(CNc2ccc(Br)cc2Cl)c(F)c1. The maximum absolute atomic E-state index is 13.7. The maximum Gasteiger partial charge on any atom is 0.131 e. The van der Waals surface area contributed by atoms with Gasteiger partial charge in [0.25, 0.3) is 0 Å². The molecule has 0 heterocycles. The van der Waals surface area contributed by atoms with E-state index < -0.39 is 0 Å². The first-order chi connectivity index (χ1) is 9.10. The van der Waals surface area contributed by atoms with E-state index in [4.69, 9.17) is 16.3 Å². The first-order valence-electron chi connectivity index (χ1n) is 5.61. The number of rotatable bonds is 4. The molecule has 19 heavy (non-hydrogen) atoms. The molecule has 0 fully saturated rings. The third-order valence-electron chi connectivity index (χ3n) is 2.66. The lowest BCUT2D eigenvalue weighted by molar-refractivity contribution is 0.411. The zero-order valence-corrected chi connectivity index (χ0v) is 12.6. The number of halogens is 3. The Labute approximate surface area is 124 Å². The number of ether oxygens (including phenoxy) is 1. The monoisotopic (exact) mass is 343 g/mol. The van der Waals surface area contributed by atoms with Crippen molar-refractivity contribution in [2.45, 2.75) is 6.54 Å². The average Bonchev–Trinajstić information content (AvgIpc) is 2.39. The summed E-state index contributed by atoms with van der Waals surface area (Å²) in [6.07, 6.45) is 0. The average molecular weight is 345 g/mol. The zero-order valence-electron chi connectivity index (χ0n) is 10.2. The molecule has 0 unspecified atom stereocenters. The van der Waals surface area contributed by atoms with Gasteiger partial charge in [0.05, 0.1) is 17.8 Å². The van der Waals surface area contributed by atoms with Crippen LogP contribution >= 0.6 is 27.5 Å². The van der Waals surface area contributed by atoms with Crippen molar-refractivity contribution in [1.29, 1.82) is 0 Å². The van der Waals surface area contributed by atoms with Crippen molar-refractivity contribution in [2.24, 2.45) is 0 Å². The standard InChI is InChI=1S/C14H12BrClFNO/c1-19-11-4-2-9(13(17)7-11)8-18-14-5-3-10(15)6-12(14)16/h2-7,18H,8H2,1H3. The summed E-state index contributed by atoms with van der Waals surface area (Å²) >= 11 is 9.41. The van der Waals surface area contributed by atoms with E-state index in [0.29, 0.717) is 22.9 Å². The number of methoxy groups -OCH3 is 1. The molecule has 0 radical (unpaired) electrons. The fourth-order valence-corrected chi connectivity index (χ4v) is 2.36. The van der Waals surface area contributed by atoms with E-state index in [2.05, 4.69) is 21.2 Å². The minimum absolute atomic E-state index is 0.305. The van der Waals surface area contributed by atoms with Crippen LogP contribution in [0.25, 0.3) is 0 Å². The highest BCUT2D eigenvalue weighted by molar-refractivity contribution is 9.10. The highest BCUT2D eigenvalue weighted by Gasteiger charge is 2.05. The number of hydrogen-bond donors (Lipinski definition) is 1. The third kappa shape index (κ3) is 3.61. The Morgan fingerprint density at radius 2 is 2.05 bits per heavy atom. The van der Waals surface area contributed by atoms with Crippen LogP contribution < -0.4 is 10.1 Å². The van der Waals surface area contributed by atoms with Crippen LogP contribution in [0.1, 0.15) is 5.56 Å². The predicted octanol–water partition coefficient (Wildman–Crippen LogP) is 4.86. The van der Waals surface area contributed by atoms with Crippen LogP contribution in [-0.4, -0.2) is 7.11 Å². The van der Waals surface area contributed by atoms with Gasteiger partial charge in [-0.1, -0.05) is 33.6 Å². The Morgan fingerprint density at radius 1 is 1.26 bits per heavy atom. The summed E-state index contributed by atoms with van der Waals surface area (Å²) in [4.78, 5) is 0. The molecule has 1 N–H and O–H groups in total. The summed E-state index contributed by atoms with van der Waals surface area (Å²) in [5, 5.41) is 3.69. The molecule has 2 rings (SSSR count). The van der Waals surface area contributed by atoms with Gasteiger partial charge in [0.15, 0.2) is 0 Å². The van der Waals surface area contributed by atoms with Crippen LogP contribution in [0.2, 0.25) is 5.02 Å². The lowest BCUT2D eigenvalue weighted by Crippen LogP contribution is -2.02. The van der Waals surface area contributed by atoms with Gasteiger partial charge >= 0.3 is 0 Å². The Balaban J connectivity index is 2.10. The first-order valence-corrected chi connectivity index (χ1v) is 6.78. The second-order valence-electron chi connectivity index (χ2n) is 3.94. The van der Waals surface area contributed by atoms with E-state index in [1.165, 1.54) is 13.2 Å². The van der Waals surface area contributed by atoms with Crippen molar-refractivity contribution in [3.8, 4) is 5.75 Å². The topological polar surface area (TPSA) is 21.3 Å². The summed E-state index contributed by atoms with van der Waals surface area (Å²) < 4.78 is 19.6. The Bertz CT molecular complexity index is 592. The van der Waals surface area contributed by atoms with Crippen molar-refractivity contribution in [3.63, 3.8) is 0 Å². The van der Waals surface area contributed by atoms with Gasteiger partial charge < -0.3 is 10.1 Å². The largest absolute Gasteiger partial charge is 0.497 e. The molecule has 0 saturated heterocycles. The highest BCUT2D eigenvalue weighted by atomic mass is 79.9. The summed E-state index contributed by atoms with van der Waals surface area (Å²) in [6.45, 7) is 0.358. The summed E-state index contributed by atoms with van der Waals surface area (Å²) in [5.74, 6) is 0.197. The summed E-state index contributed by atoms with van der Waals surface area (Å²) in [6, 6.07) is 10.3. The van der Waals surface area contributed by atoms with Gasteiger partial charge in [0.1, 0.15) is 11.6 Å². The van der Waals surface area contributed by atoms with E-state index in [1.54, 1.807) is 18.2 Å². The third-order valence-corrected chi connectivity index (χ3v) is 3.47. The van der Waals surface area contributed by atoms with Crippen molar-refractivity contribution in [1.82, 2.24) is 0 Å². The molecular formula is C14H12BrClFNO. The van der Waals surface area contributed by atoms with E-state index in [0.717, 1.165) is 10.2 Å². The second-order valence-corrected chi connectivity index (χ2v) is 5.26. The van der Waals surface area contributed by atoms with Gasteiger partial charge in [-0.05, 0) is 24.3 Å². The lowest BCUT2D eigenvalue weighted by atomic mass is 10.2. The van der Waals surface area contributed by atoms with Crippen molar-refractivity contribution >= 4 is 33.2 Å². The fraction of sp³-hybridized carbons (Fsp3) is 0.143. The molecule has 5 heteroatoms. The molecule has 0 saturated carbocycles. The van der Waals surface area contributed by atoms with Crippen LogP contribution in [0.5, 0.6) is 5.75 Å². The van der Waals surface area contributed by atoms with Gasteiger partial charge in [0.2, 0.25) is 0 Å². The summed E-state index contributed by atoms with van der Waals surface area (Å²) in [7, 11) is 1.51. The number of nitrogens with one attached hydrogen (secondary N) is 1. The molecule has 100 valence electrons. The quantitative estimate of drug-likeness (QED) is 0.855. The Hall–Kier alpha value is -1.26. The number of benzene rings is 2. The van der Waals surface area contributed by atoms with Crippen LogP contribution in [0.15, 0.2) is 40.9 Å². The van der Waals surface area contributed by atoms with Crippen LogP contribution in [0, 0.1) is 5.82 Å². The Kier molecular flexibility index (Phi) is 4.66. The molecule has 2 nitrogen and oxygen atoms in total. The molecule has 0 amide bonds. The molecule has 0 bridgehead atoms. The maximum atomic E-state index is 13.7. The molecule has 2 aromatic carbocycles. The van der Waals surface area contributed by atoms with Crippen LogP contribution in [0.3, 0.4) is 0 Å². The smallest absolute Gasteiger partial charge is 0.131 e. The fourth-order valence-electron chi connectivity index (χ4n) is 1.62. The van der Waals surface area contributed by atoms with E-state index in [1.807, 2.05) is 12.1 Å². The molecule has 0 atom stereocenters. The highest BCUT2D eigenvalue weighted by Crippen LogP contribution is 2.26. The van der Waals surface area contributed by atoms with Gasteiger partial charge in [0, 0.05) is 22.6 Å². The molecule has 0 aliphatic heterocycles. The van der Waals surface area contributed by atoms with Crippen molar-refractivity contribution in [3.05, 3.63) is 57.3 Å². The molecule has 0 spiro atoms. The summed E-state index contributed by atoms with van der Waals surface area (Å²) in [5.41, 5.74) is 1.32. The minimum atomic E-state index is -0.305. The van der Waals surface area contributed by atoms with Gasteiger partial charge in [-0.15, -0.1) is 0 Å². The van der Waals surface area contributed by atoms with Crippen LogP contribution in [0.4, 0.5) is 10.1 Å². The van der Waals surface area contributed by atoms with E-state index >= 15 is 0 Å². The molecular weight excluding hydrogens is 333 g/mol. The van der Waals surface area contributed by atoms with E-state index in [9.17, 15) is 4.39 Å². The molecule has 0 aliphatic carbocycles. The molecule has 0 aliphatic rings. The number of hydrogen-bond acceptors (Lipinski definition) is 2. The van der Waals surface area contributed by atoms with Crippen LogP contribution in [-0.2, 0) is 6.54 Å². The predicted molar refractivity (Wildman–Crippen MR) is 79.4 cm³/mol. The normalized spacial score (nSPS) is 10.3. The Morgan fingerprint density at radius 3 is 2.68 bits per heavy atom. The number of anilines is 1. The second kappa shape index (κ2) is 6.26. The van der Waals surface area contributed by atoms with Gasteiger partial charge in [-0.2, -0.15) is 0 Å². The van der Waals surface area contributed by atoms with Crippen molar-refractivity contribution in [2.75, 3.05) is 12.4 Å². The zero-order chi connectivity index (χ0) is 13.8.